The van der Waals surface area contributed by atoms with E-state index in [0.29, 0.717) is 23.9 Å². The van der Waals surface area contributed by atoms with Crippen LogP contribution in [0.25, 0.3) is 10.9 Å². The number of hydrogen-bond donors (Lipinski definition) is 2. The number of nitrogens with zero attached hydrogens (tertiary/aromatic N) is 2. The highest BCUT2D eigenvalue weighted by molar-refractivity contribution is 6.07. The maximum Gasteiger partial charge on any atom is 0.253 e. The van der Waals surface area contributed by atoms with Gasteiger partial charge in [0.05, 0.1) is 23.2 Å². The SMILES string of the molecule is O=C(N[C@H]1CCCCC1O)c1cn(Cc2ccnc(F)c2)c2cccc(F)c12. The van der Waals surface area contributed by atoms with Gasteiger partial charge in [-0.3, -0.25) is 4.79 Å². The molecule has 1 aliphatic rings. The standard InChI is InChI=1S/C21H21F2N3O2/c22-15-4-3-6-17-20(15)14(21(28)25-16-5-1-2-7-18(16)27)12-26(17)11-13-8-9-24-19(23)10-13/h3-4,6,8-10,12,16,18,27H,1-2,5,7,11H2,(H,25,28)/t16-,18?/m0/s1. The molecule has 0 bridgehead atoms. The number of aromatic nitrogens is 2. The monoisotopic (exact) mass is 385 g/mol. The van der Waals surface area contributed by atoms with Gasteiger partial charge in [-0.05, 0) is 42.7 Å². The van der Waals surface area contributed by atoms with Crippen LogP contribution < -0.4 is 5.32 Å². The van der Waals surface area contributed by atoms with Gasteiger partial charge in [0.15, 0.2) is 0 Å². The molecule has 0 saturated heterocycles. The van der Waals surface area contributed by atoms with Crippen LogP contribution in [0.1, 0.15) is 41.6 Å². The smallest absolute Gasteiger partial charge is 0.253 e. The minimum absolute atomic E-state index is 0.209. The number of aliphatic hydroxyl groups excluding tert-OH is 1. The molecular formula is C21H21F2N3O2. The summed E-state index contributed by atoms with van der Waals surface area (Å²) in [4.78, 5) is 16.4. The summed E-state index contributed by atoms with van der Waals surface area (Å²) >= 11 is 0. The number of fused-ring (bicyclic) bond motifs is 1. The number of rotatable bonds is 4. The van der Waals surface area contributed by atoms with Crippen LogP contribution in [0.4, 0.5) is 8.78 Å². The van der Waals surface area contributed by atoms with E-state index >= 15 is 0 Å². The Morgan fingerprint density at radius 3 is 2.86 bits per heavy atom. The average Bonchev–Trinajstić information content (AvgIpc) is 3.04. The minimum Gasteiger partial charge on any atom is -0.391 e. The van der Waals surface area contributed by atoms with Gasteiger partial charge in [0, 0.05) is 24.3 Å². The van der Waals surface area contributed by atoms with E-state index in [4.69, 9.17) is 0 Å². The molecule has 2 atom stereocenters. The number of nitrogens with one attached hydrogen (secondary N) is 1. The number of benzene rings is 1. The van der Waals surface area contributed by atoms with Crippen molar-refractivity contribution >= 4 is 16.8 Å². The Morgan fingerprint density at radius 2 is 2.07 bits per heavy atom. The summed E-state index contributed by atoms with van der Waals surface area (Å²) in [6.07, 6.45) is 5.58. The van der Waals surface area contributed by atoms with Gasteiger partial charge in [-0.15, -0.1) is 0 Å². The van der Waals surface area contributed by atoms with E-state index in [1.54, 1.807) is 29.0 Å². The van der Waals surface area contributed by atoms with Crippen LogP contribution in [0.15, 0.2) is 42.7 Å². The topological polar surface area (TPSA) is 67.2 Å². The van der Waals surface area contributed by atoms with Crippen LogP contribution in [-0.2, 0) is 6.54 Å². The lowest BCUT2D eigenvalue weighted by Crippen LogP contribution is -2.45. The van der Waals surface area contributed by atoms with Crippen molar-refractivity contribution in [1.29, 1.82) is 0 Å². The van der Waals surface area contributed by atoms with E-state index in [0.717, 1.165) is 12.8 Å². The van der Waals surface area contributed by atoms with E-state index in [-0.39, 0.29) is 23.5 Å². The Labute approximate surface area is 161 Å². The lowest BCUT2D eigenvalue weighted by atomic mass is 9.92. The molecule has 1 fully saturated rings. The molecule has 4 rings (SSSR count). The highest BCUT2D eigenvalue weighted by Gasteiger charge is 2.27. The lowest BCUT2D eigenvalue weighted by molar-refractivity contribution is 0.0718. The first-order chi connectivity index (χ1) is 13.5. The van der Waals surface area contributed by atoms with Crippen LogP contribution in [0, 0.1) is 11.8 Å². The molecule has 1 amide bonds. The molecule has 1 aromatic carbocycles. The Hall–Kier alpha value is -2.80. The van der Waals surface area contributed by atoms with Crippen molar-refractivity contribution in [2.75, 3.05) is 0 Å². The number of aliphatic hydroxyl groups is 1. The fraction of sp³-hybridized carbons (Fsp3) is 0.333. The normalized spacial score (nSPS) is 19.7. The third-order valence-electron chi connectivity index (χ3n) is 5.29. The number of halogens is 2. The maximum atomic E-state index is 14.6. The molecule has 1 saturated carbocycles. The summed E-state index contributed by atoms with van der Waals surface area (Å²) in [6.45, 7) is 0.277. The van der Waals surface area contributed by atoms with E-state index in [2.05, 4.69) is 10.3 Å². The van der Waals surface area contributed by atoms with Crippen molar-refractivity contribution in [1.82, 2.24) is 14.9 Å². The van der Waals surface area contributed by atoms with Gasteiger partial charge in [0.1, 0.15) is 5.82 Å². The van der Waals surface area contributed by atoms with Crippen molar-refractivity contribution in [3.63, 3.8) is 0 Å². The Morgan fingerprint density at radius 1 is 1.25 bits per heavy atom. The number of hydrogen-bond acceptors (Lipinski definition) is 3. The quantitative estimate of drug-likeness (QED) is 0.677. The molecule has 3 aromatic rings. The molecule has 0 radical (unpaired) electrons. The average molecular weight is 385 g/mol. The first-order valence-electron chi connectivity index (χ1n) is 9.39. The lowest BCUT2D eigenvalue weighted by Gasteiger charge is -2.28. The highest BCUT2D eigenvalue weighted by Crippen LogP contribution is 2.26. The number of carbonyl (C=O) groups is 1. The minimum atomic E-state index is -0.593. The zero-order valence-corrected chi connectivity index (χ0v) is 15.2. The Bertz CT molecular complexity index is 1020. The van der Waals surface area contributed by atoms with Gasteiger partial charge in [-0.1, -0.05) is 18.9 Å². The second-order valence-corrected chi connectivity index (χ2v) is 7.22. The van der Waals surface area contributed by atoms with Crippen LogP contribution in [0.2, 0.25) is 0 Å². The van der Waals surface area contributed by atoms with Crippen LogP contribution in [0.5, 0.6) is 0 Å². The second kappa shape index (κ2) is 7.67. The summed E-state index contributed by atoms with van der Waals surface area (Å²) < 4.78 is 29.7. The fourth-order valence-corrected chi connectivity index (χ4v) is 3.88. The molecule has 28 heavy (non-hydrogen) atoms. The van der Waals surface area contributed by atoms with Gasteiger partial charge >= 0.3 is 0 Å². The van der Waals surface area contributed by atoms with E-state index in [1.807, 2.05) is 0 Å². The largest absolute Gasteiger partial charge is 0.391 e. The van der Waals surface area contributed by atoms with Gasteiger partial charge in [-0.2, -0.15) is 4.39 Å². The van der Waals surface area contributed by atoms with Crippen LogP contribution >= 0.6 is 0 Å². The summed E-state index contributed by atoms with van der Waals surface area (Å²) in [6, 6.07) is 7.26. The first kappa shape index (κ1) is 18.6. The third kappa shape index (κ3) is 3.62. The van der Waals surface area contributed by atoms with Crippen LogP contribution in [-0.4, -0.2) is 32.7 Å². The molecule has 5 nitrogen and oxygen atoms in total. The molecule has 146 valence electrons. The summed E-state index contributed by atoms with van der Waals surface area (Å²) in [5, 5.41) is 13.2. The summed E-state index contributed by atoms with van der Waals surface area (Å²) in [5.74, 6) is -1.50. The van der Waals surface area contributed by atoms with Crippen molar-refractivity contribution in [2.24, 2.45) is 0 Å². The van der Waals surface area contributed by atoms with Crippen molar-refractivity contribution in [3.05, 3.63) is 65.6 Å². The predicted molar refractivity (Wildman–Crippen MR) is 101 cm³/mol. The molecule has 0 aliphatic heterocycles. The van der Waals surface area contributed by atoms with E-state index in [9.17, 15) is 18.7 Å². The number of pyridine rings is 1. The zero-order valence-electron chi connectivity index (χ0n) is 15.2. The van der Waals surface area contributed by atoms with Gasteiger partial charge in [0.25, 0.3) is 5.91 Å². The summed E-state index contributed by atoms with van der Waals surface area (Å²) in [7, 11) is 0. The molecule has 7 heteroatoms. The molecule has 2 heterocycles. The molecule has 2 aromatic heterocycles. The van der Waals surface area contributed by atoms with Crippen LogP contribution in [0.3, 0.4) is 0 Å². The van der Waals surface area contributed by atoms with Crippen molar-refractivity contribution < 1.29 is 18.7 Å². The molecule has 2 N–H and O–H groups in total. The third-order valence-corrected chi connectivity index (χ3v) is 5.29. The van der Waals surface area contributed by atoms with Gasteiger partial charge in [0.2, 0.25) is 5.95 Å². The van der Waals surface area contributed by atoms with Gasteiger partial charge in [-0.25, -0.2) is 9.37 Å². The maximum absolute atomic E-state index is 14.6. The first-order valence-corrected chi connectivity index (χ1v) is 9.39. The fourth-order valence-electron chi connectivity index (χ4n) is 3.88. The highest BCUT2D eigenvalue weighted by atomic mass is 19.1. The number of carbonyl (C=O) groups excluding carboxylic acids is 1. The van der Waals surface area contributed by atoms with E-state index < -0.39 is 23.8 Å². The Kier molecular flexibility index (Phi) is 5.09. The predicted octanol–water partition coefficient (Wildman–Crippen LogP) is 3.40. The van der Waals surface area contributed by atoms with Gasteiger partial charge < -0.3 is 15.0 Å². The summed E-state index contributed by atoms with van der Waals surface area (Å²) in [5.41, 5.74) is 1.41. The van der Waals surface area contributed by atoms with Crippen molar-refractivity contribution in [2.45, 2.75) is 44.4 Å². The second-order valence-electron chi connectivity index (χ2n) is 7.22. The molecular weight excluding hydrogens is 364 g/mol. The Balaban J connectivity index is 1.69. The molecule has 1 unspecified atom stereocenters. The molecule has 0 spiro atoms. The number of amides is 1. The zero-order chi connectivity index (χ0) is 19.7. The van der Waals surface area contributed by atoms with E-state index in [1.165, 1.54) is 18.3 Å². The van der Waals surface area contributed by atoms with Crippen molar-refractivity contribution in [3.8, 4) is 0 Å². The molecule has 1 aliphatic carbocycles.